The molecule has 0 aliphatic rings. The summed E-state index contributed by atoms with van der Waals surface area (Å²) < 4.78 is 10.2. The summed E-state index contributed by atoms with van der Waals surface area (Å²) in [4.78, 5) is 0. The third-order valence-electron chi connectivity index (χ3n) is 1.96. The van der Waals surface area contributed by atoms with Crippen LogP contribution in [0.5, 0.6) is 0 Å². The average Bonchev–Trinajstić information content (AvgIpc) is 2.10. The van der Waals surface area contributed by atoms with Gasteiger partial charge >= 0.3 is 0 Å². The SMILES string of the molecule is COCC(CNCCC(C)C)OC. The summed E-state index contributed by atoms with van der Waals surface area (Å²) >= 11 is 0. The first-order chi connectivity index (χ1) is 6.20. The van der Waals surface area contributed by atoms with Crippen molar-refractivity contribution in [2.24, 2.45) is 5.92 Å². The van der Waals surface area contributed by atoms with E-state index >= 15 is 0 Å². The van der Waals surface area contributed by atoms with Gasteiger partial charge in [-0.2, -0.15) is 0 Å². The fraction of sp³-hybridized carbons (Fsp3) is 1.00. The van der Waals surface area contributed by atoms with E-state index in [4.69, 9.17) is 9.47 Å². The van der Waals surface area contributed by atoms with Crippen LogP contribution in [0.25, 0.3) is 0 Å². The van der Waals surface area contributed by atoms with Gasteiger partial charge in [0.1, 0.15) is 0 Å². The van der Waals surface area contributed by atoms with Crippen molar-refractivity contribution in [3.8, 4) is 0 Å². The highest BCUT2D eigenvalue weighted by molar-refractivity contribution is 4.60. The lowest BCUT2D eigenvalue weighted by molar-refractivity contribution is 0.0289. The Morgan fingerprint density at radius 2 is 1.92 bits per heavy atom. The molecule has 0 aromatic carbocycles. The van der Waals surface area contributed by atoms with E-state index in [-0.39, 0.29) is 6.10 Å². The van der Waals surface area contributed by atoms with E-state index < -0.39 is 0 Å². The van der Waals surface area contributed by atoms with Gasteiger partial charge in [0.15, 0.2) is 0 Å². The molecule has 1 unspecified atom stereocenters. The van der Waals surface area contributed by atoms with Crippen LogP contribution in [0.2, 0.25) is 0 Å². The van der Waals surface area contributed by atoms with Crippen molar-refractivity contribution < 1.29 is 9.47 Å². The first kappa shape index (κ1) is 12.9. The van der Waals surface area contributed by atoms with Crippen molar-refractivity contribution in [1.82, 2.24) is 5.32 Å². The molecule has 0 aromatic heterocycles. The molecule has 0 aliphatic heterocycles. The third kappa shape index (κ3) is 8.22. The molecule has 3 heteroatoms. The van der Waals surface area contributed by atoms with Crippen LogP contribution >= 0.6 is 0 Å². The quantitative estimate of drug-likeness (QED) is 0.584. The zero-order chi connectivity index (χ0) is 10.1. The molecule has 0 radical (unpaired) electrons. The Balaban J connectivity index is 3.27. The molecule has 0 spiro atoms. The first-order valence-corrected chi connectivity index (χ1v) is 4.93. The molecular formula is C10H23NO2. The second-order valence-electron chi connectivity index (χ2n) is 3.70. The smallest absolute Gasteiger partial charge is 0.0928 e. The molecule has 0 heterocycles. The molecular weight excluding hydrogens is 166 g/mol. The van der Waals surface area contributed by atoms with Gasteiger partial charge in [-0.05, 0) is 18.9 Å². The molecule has 0 bridgehead atoms. The molecule has 80 valence electrons. The maximum atomic E-state index is 5.21. The second kappa shape index (κ2) is 8.48. The number of hydrogen-bond acceptors (Lipinski definition) is 3. The van der Waals surface area contributed by atoms with E-state index in [9.17, 15) is 0 Å². The van der Waals surface area contributed by atoms with E-state index in [0.29, 0.717) is 6.61 Å². The predicted octanol–water partition coefficient (Wildman–Crippen LogP) is 1.28. The summed E-state index contributed by atoms with van der Waals surface area (Å²) in [6, 6.07) is 0. The fourth-order valence-electron chi connectivity index (χ4n) is 1.05. The third-order valence-corrected chi connectivity index (χ3v) is 1.96. The summed E-state index contributed by atoms with van der Waals surface area (Å²) in [5.74, 6) is 0.760. The minimum absolute atomic E-state index is 0.178. The van der Waals surface area contributed by atoms with Gasteiger partial charge < -0.3 is 14.8 Å². The average molecular weight is 189 g/mol. The van der Waals surface area contributed by atoms with Crippen molar-refractivity contribution in [2.75, 3.05) is 33.9 Å². The van der Waals surface area contributed by atoms with E-state index in [1.807, 2.05) is 0 Å². The van der Waals surface area contributed by atoms with Crippen molar-refractivity contribution in [2.45, 2.75) is 26.4 Å². The molecule has 0 amide bonds. The Hall–Kier alpha value is -0.120. The van der Waals surface area contributed by atoms with Crippen LogP contribution in [0, 0.1) is 5.92 Å². The normalized spacial score (nSPS) is 13.6. The van der Waals surface area contributed by atoms with Gasteiger partial charge in [0.25, 0.3) is 0 Å². The predicted molar refractivity (Wildman–Crippen MR) is 55.0 cm³/mol. The summed E-state index contributed by atoms with van der Waals surface area (Å²) in [6.45, 7) is 7.04. The van der Waals surface area contributed by atoms with Crippen LogP contribution in [0.3, 0.4) is 0 Å². The summed E-state index contributed by atoms with van der Waals surface area (Å²) in [5, 5.41) is 3.35. The van der Waals surface area contributed by atoms with Gasteiger partial charge in [-0.25, -0.2) is 0 Å². The van der Waals surface area contributed by atoms with Gasteiger partial charge in [-0.15, -0.1) is 0 Å². The Kier molecular flexibility index (Phi) is 8.40. The highest BCUT2D eigenvalue weighted by Crippen LogP contribution is 1.96. The molecule has 1 atom stereocenters. The lowest BCUT2D eigenvalue weighted by Crippen LogP contribution is -2.32. The number of methoxy groups -OCH3 is 2. The highest BCUT2D eigenvalue weighted by atomic mass is 16.5. The Morgan fingerprint density at radius 1 is 1.23 bits per heavy atom. The lowest BCUT2D eigenvalue weighted by atomic mass is 10.1. The Bertz CT molecular complexity index is 107. The molecule has 0 saturated carbocycles. The molecule has 3 nitrogen and oxygen atoms in total. The Morgan fingerprint density at radius 3 is 2.38 bits per heavy atom. The minimum atomic E-state index is 0.178. The molecule has 0 fully saturated rings. The van der Waals surface area contributed by atoms with E-state index in [1.54, 1.807) is 14.2 Å². The summed E-state index contributed by atoms with van der Waals surface area (Å²) in [5.41, 5.74) is 0. The monoisotopic (exact) mass is 189 g/mol. The fourth-order valence-corrected chi connectivity index (χ4v) is 1.05. The van der Waals surface area contributed by atoms with Crippen molar-refractivity contribution >= 4 is 0 Å². The van der Waals surface area contributed by atoms with Crippen LogP contribution < -0.4 is 5.32 Å². The number of nitrogens with one attached hydrogen (secondary N) is 1. The van der Waals surface area contributed by atoms with Crippen LogP contribution in [0.4, 0.5) is 0 Å². The number of hydrogen-bond donors (Lipinski definition) is 1. The zero-order valence-electron chi connectivity index (χ0n) is 9.30. The maximum Gasteiger partial charge on any atom is 0.0928 e. The maximum absolute atomic E-state index is 5.21. The van der Waals surface area contributed by atoms with Crippen LogP contribution in [0.15, 0.2) is 0 Å². The second-order valence-corrected chi connectivity index (χ2v) is 3.70. The van der Waals surface area contributed by atoms with Gasteiger partial charge in [0.2, 0.25) is 0 Å². The molecule has 0 saturated heterocycles. The van der Waals surface area contributed by atoms with Crippen molar-refractivity contribution in [3.05, 3.63) is 0 Å². The van der Waals surface area contributed by atoms with Gasteiger partial charge in [0.05, 0.1) is 12.7 Å². The summed E-state index contributed by atoms with van der Waals surface area (Å²) in [7, 11) is 3.41. The van der Waals surface area contributed by atoms with E-state index in [0.717, 1.165) is 19.0 Å². The van der Waals surface area contributed by atoms with E-state index in [2.05, 4.69) is 19.2 Å². The first-order valence-electron chi connectivity index (χ1n) is 4.93. The van der Waals surface area contributed by atoms with Crippen LogP contribution in [-0.2, 0) is 9.47 Å². The number of ether oxygens (including phenoxy) is 2. The van der Waals surface area contributed by atoms with Gasteiger partial charge in [-0.1, -0.05) is 13.8 Å². The highest BCUT2D eigenvalue weighted by Gasteiger charge is 2.05. The molecule has 0 rings (SSSR count). The van der Waals surface area contributed by atoms with E-state index in [1.165, 1.54) is 6.42 Å². The molecule has 13 heavy (non-hydrogen) atoms. The van der Waals surface area contributed by atoms with Crippen molar-refractivity contribution in [3.63, 3.8) is 0 Å². The van der Waals surface area contributed by atoms with Crippen LogP contribution in [0.1, 0.15) is 20.3 Å². The zero-order valence-corrected chi connectivity index (χ0v) is 9.30. The molecule has 1 N–H and O–H groups in total. The van der Waals surface area contributed by atoms with Gasteiger partial charge in [0, 0.05) is 20.8 Å². The molecule has 0 aliphatic carbocycles. The topological polar surface area (TPSA) is 30.5 Å². The van der Waals surface area contributed by atoms with Gasteiger partial charge in [-0.3, -0.25) is 0 Å². The summed E-state index contributed by atoms with van der Waals surface area (Å²) in [6.07, 6.45) is 1.39. The molecule has 0 aromatic rings. The lowest BCUT2D eigenvalue weighted by Gasteiger charge is -2.15. The largest absolute Gasteiger partial charge is 0.382 e. The van der Waals surface area contributed by atoms with Crippen LogP contribution in [-0.4, -0.2) is 40.0 Å². The Labute approximate surface area is 81.8 Å². The van der Waals surface area contributed by atoms with Crippen molar-refractivity contribution in [1.29, 1.82) is 0 Å². The minimum Gasteiger partial charge on any atom is -0.382 e. The standard InChI is InChI=1S/C10H23NO2/c1-9(2)5-6-11-7-10(13-4)8-12-3/h9-11H,5-8H2,1-4H3. The number of rotatable bonds is 8.